The van der Waals surface area contributed by atoms with Gasteiger partial charge in [-0.1, -0.05) is 12.1 Å². The summed E-state index contributed by atoms with van der Waals surface area (Å²) in [6.07, 6.45) is 5.26. The normalized spacial score (nSPS) is 10.6. The fraction of sp³-hybridized carbons (Fsp3) is 0.0909. The van der Waals surface area contributed by atoms with Crippen LogP contribution in [0.15, 0.2) is 72.5 Å². The lowest BCUT2D eigenvalue weighted by molar-refractivity contribution is -0.120. The van der Waals surface area contributed by atoms with E-state index in [1.165, 1.54) is 23.5 Å². The lowest BCUT2D eigenvalue weighted by atomic mass is 10.2. The van der Waals surface area contributed by atoms with E-state index in [4.69, 9.17) is 4.74 Å². The van der Waals surface area contributed by atoms with Crippen molar-refractivity contribution < 1.29 is 13.9 Å². The zero-order chi connectivity index (χ0) is 20.8. The van der Waals surface area contributed by atoms with Crippen molar-refractivity contribution >= 4 is 17.2 Å². The number of hydrogen-bond donors (Lipinski definition) is 1. The monoisotopic (exact) mass is 420 g/mol. The van der Waals surface area contributed by atoms with Crippen LogP contribution < -0.4 is 10.1 Å². The van der Waals surface area contributed by atoms with Crippen LogP contribution in [0.2, 0.25) is 0 Å². The van der Waals surface area contributed by atoms with Crippen molar-refractivity contribution in [2.75, 3.05) is 0 Å². The molecular formula is C22H17FN4O2S. The minimum absolute atomic E-state index is 0.127. The molecule has 0 aliphatic carbocycles. The average molecular weight is 420 g/mol. The molecule has 0 atom stereocenters. The number of amides is 1. The van der Waals surface area contributed by atoms with Crippen LogP contribution >= 0.6 is 11.3 Å². The van der Waals surface area contributed by atoms with Crippen LogP contribution in [0.4, 0.5) is 4.39 Å². The van der Waals surface area contributed by atoms with Crippen LogP contribution in [0.1, 0.15) is 11.3 Å². The van der Waals surface area contributed by atoms with Gasteiger partial charge in [0.25, 0.3) is 0 Å². The average Bonchev–Trinajstić information content (AvgIpc) is 3.22. The van der Waals surface area contributed by atoms with Crippen LogP contribution in [-0.4, -0.2) is 20.9 Å². The largest absolute Gasteiger partial charge is 0.439 e. The highest BCUT2D eigenvalue weighted by Gasteiger charge is 2.09. The first-order chi connectivity index (χ1) is 14.7. The molecule has 0 saturated carbocycles. The molecule has 0 fully saturated rings. The summed E-state index contributed by atoms with van der Waals surface area (Å²) in [6, 6.07) is 13.1. The number of carbonyl (C=O) groups is 1. The SMILES string of the molecule is O=C(Cc1csc(-c2cccnc2)n1)NCc1ccc(Oc2cccc(F)c2)nc1. The molecule has 6 nitrogen and oxygen atoms in total. The van der Waals surface area contributed by atoms with Crippen molar-refractivity contribution in [3.8, 4) is 22.2 Å². The Morgan fingerprint density at radius 2 is 2.07 bits per heavy atom. The van der Waals surface area contributed by atoms with E-state index in [0.29, 0.717) is 23.9 Å². The van der Waals surface area contributed by atoms with Gasteiger partial charge in [-0.25, -0.2) is 14.4 Å². The number of aromatic nitrogens is 3. The second kappa shape index (κ2) is 9.23. The molecule has 0 unspecified atom stereocenters. The van der Waals surface area contributed by atoms with Gasteiger partial charge in [-0.2, -0.15) is 0 Å². The number of benzene rings is 1. The van der Waals surface area contributed by atoms with Crippen molar-refractivity contribution in [1.29, 1.82) is 0 Å². The first-order valence-corrected chi connectivity index (χ1v) is 10.0. The number of thiazole rings is 1. The molecule has 0 spiro atoms. The summed E-state index contributed by atoms with van der Waals surface area (Å²) < 4.78 is 18.7. The Bertz CT molecular complexity index is 1130. The molecule has 3 aromatic heterocycles. The maximum Gasteiger partial charge on any atom is 0.226 e. The predicted octanol–water partition coefficient (Wildman–Crippen LogP) is 4.39. The molecule has 150 valence electrons. The summed E-state index contributed by atoms with van der Waals surface area (Å²) in [4.78, 5) is 25.0. The van der Waals surface area contributed by atoms with Crippen LogP contribution in [-0.2, 0) is 17.8 Å². The number of ether oxygens (including phenoxy) is 1. The van der Waals surface area contributed by atoms with Crippen LogP contribution in [0.3, 0.4) is 0 Å². The zero-order valence-electron chi connectivity index (χ0n) is 15.8. The second-order valence-corrected chi connectivity index (χ2v) is 7.26. The van der Waals surface area contributed by atoms with E-state index in [1.54, 1.807) is 42.9 Å². The van der Waals surface area contributed by atoms with Crippen molar-refractivity contribution in [3.63, 3.8) is 0 Å². The summed E-state index contributed by atoms with van der Waals surface area (Å²) in [7, 11) is 0. The number of halogens is 1. The smallest absolute Gasteiger partial charge is 0.226 e. The summed E-state index contributed by atoms with van der Waals surface area (Å²) in [5, 5.41) is 5.57. The van der Waals surface area contributed by atoms with E-state index in [9.17, 15) is 9.18 Å². The molecule has 1 N–H and O–H groups in total. The van der Waals surface area contributed by atoms with Gasteiger partial charge in [0.1, 0.15) is 16.6 Å². The molecule has 30 heavy (non-hydrogen) atoms. The fourth-order valence-electron chi connectivity index (χ4n) is 2.66. The third-order valence-corrected chi connectivity index (χ3v) is 5.05. The molecule has 8 heteroatoms. The molecule has 0 bridgehead atoms. The summed E-state index contributed by atoms with van der Waals surface area (Å²) in [6.45, 7) is 0.339. The van der Waals surface area contributed by atoms with Crippen LogP contribution in [0, 0.1) is 5.82 Å². The zero-order valence-corrected chi connectivity index (χ0v) is 16.6. The molecule has 0 radical (unpaired) electrons. The Kier molecular flexibility index (Phi) is 6.05. The van der Waals surface area contributed by atoms with Gasteiger partial charge < -0.3 is 10.1 Å². The van der Waals surface area contributed by atoms with E-state index >= 15 is 0 Å². The summed E-state index contributed by atoms with van der Waals surface area (Å²) in [5.74, 6) is 0.219. The highest BCUT2D eigenvalue weighted by molar-refractivity contribution is 7.13. The Morgan fingerprint density at radius 3 is 2.83 bits per heavy atom. The molecule has 4 aromatic rings. The number of rotatable bonds is 7. The second-order valence-electron chi connectivity index (χ2n) is 6.40. The Morgan fingerprint density at radius 1 is 1.13 bits per heavy atom. The number of nitrogens with one attached hydrogen (secondary N) is 1. The van der Waals surface area contributed by atoms with Crippen LogP contribution in [0.5, 0.6) is 11.6 Å². The van der Waals surface area contributed by atoms with Crippen molar-refractivity contribution in [1.82, 2.24) is 20.3 Å². The third-order valence-electron chi connectivity index (χ3n) is 4.11. The van der Waals surface area contributed by atoms with Gasteiger partial charge in [0, 0.05) is 48.2 Å². The van der Waals surface area contributed by atoms with Gasteiger partial charge in [-0.05, 0) is 29.8 Å². The predicted molar refractivity (Wildman–Crippen MR) is 112 cm³/mol. The van der Waals surface area contributed by atoms with Gasteiger partial charge in [0.2, 0.25) is 11.8 Å². The topological polar surface area (TPSA) is 77.0 Å². The standard InChI is InChI=1S/C22H17FN4O2S/c23-17-4-1-5-19(9-17)29-21-7-6-15(12-26-21)11-25-20(28)10-18-14-30-22(27-18)16-3-2-8-24-13-16/h1-9,12-14H,10-11H2,(H,25,28). The molecule has 0 aliphatic heterocycles. The molecule has 0 aliphatic rings. The van der Waals surface area contributed by atoms with Gasteiger partial charge in [-0.15, -0.1) is 11.3 Å². The number of carbonyl (C=O) groups excluding carboxylic acids is 1. The Hall–Kier alpha value is -3.65. The minimum Gasteiger partial charge on any atom is -0.439 e. The first kappa shape index (κ1) is 19.7. The van der Waals surface area contributed by atoms with Crippen LogP contribution in [0.25, 0.3) is 10.6 Å². The molecule has 3 heterocycles. The van der Waals surface area contributed by atoms with Gasteiger partial charge in [0.05, 0.1) is 12.1 Å². The van der Waals surface area contributed by atoms with E-state index in [0.717, 1.165) is 16.1 Å². The number of hydrogen-bond acceptors (Lipinski definition) is 6. The maximum absolute atomic E-state index is 13.2. The lowest BCUT2D eigenvalue weighted by Gasteiger charge is -2.07. The molecule has 4 rings (SSSR count). The molecule has 0 saturated heterocycles. The maximum atomic E-state index is 13.2. The number of nitrogens with zero attached hydrogens (tertiary/aromatic N) is 3. The lowest BCUT2D eigenvalue weighted by Crippen LogP contribution is -2.24. The van der Waals surface area contributed by atoms with E-state index in [2.05, 4.69) is 20.3 Å². The Balaban J connectivity index is 1.28. The van der Waals surface area contributed by atoms with Gasteiger partial charge >= 0.3 is 0 Å². The van der Waals surface area contributed by atoms with Crippen molar-refractivity contribution in [2.24, 2.45) is 0 Å². The van der Waals surface area contributed by atoms with Gasteiger partial charge in [0.15, 0.2) is 0 Å². The number of pyridine rings is 2. The van der Waals surface area contributed by atoms with Gasteiger partial charge in [-0.3, -0.25) is 9.78 Å². The highest BCUT2D eigenvalue weighted by atomic mass is 32.1. The Labute approximate surface area is 176 Å². The quantitative estimate of drug-likeness (QED) is 0.480. The minimum atomic E-state index is -0.375. The van der Waals surface area contributed by atoms with E-state index < -0.39 is 0 Å². The molecule has 1 amide bonds. The molecule has 1 aromatic carbocycles. The summed E-state index contributed by atoms with van der Waals surface area (Å²) in [5.41, 5.74) is 2.47. The van der Waals surface area contributed by atoms with E-state index in [-0.39, 0.29) is 18.1 Å². The first-order valence-electron chi connectivity index (χ1n) is 9.15. The van der Waals surface area contributed by atoms with E-state index in [1.807, 2.05) is 17.5 Å². The fourth-order valence-corrected chi connectivity index (χ4v) is 3.48. The van der Waals surface area contributed by atoms with Crippen molar-refractivity contribution in [2.45, 2.75) is 13.0 Å². The third kappa shape index (κ3) is 5.24. The van der Waals surface area contributed by atoms with Crippen molar-refractivity contribution in [3.05, 3.63) is 89.6 Å². The highest BCUT2D eigenvalue weighted by Crippen LogP contribution is 2.23. The summed E-state index contributed by atoms with van der Waals surface area (Å²) >= 11 is 1.48. The molecular weight excluding hydrogens is 403 g/mol.